The Balaban J connectivity index is 1.94. The van der Waals surface area contributed by atoms with Crippen LogP contribution in [0, 0.1) is 0 Å². The van der Waals surface area contributed by atoms with Crippen LogP contribution in [0.15, 0.2) is 41.3 Å². The minimum absolute atomic E-state index is 0.0262. The molecule has 3 rings (SSSR count). The number of benzene rings is 2. The number of ether oxygens (including phenoxy) is 1. The van der Waals surface area contributed by atoms with Gasteiger partial charge in [0.25, 0.3) is 10.0 Å². The third kappa shape index (κ3) is 3.76. The van der Waals surface area contributed by atoms with Gasteiger partial charge in [0.1, 0.15) is 10.6 Å². The van der Waals surface area contributed by atoms with E-state index in [0.717, 1.165) is 19.3 Å². The van der Waals surface area contributed by atoms with E-state index in [-0.39, 0.29) is 16.6 Å². The number of methoxy groups -OCH3 is 1. The van der Waals surface area contributed by atoms with Crippen LogP contribution in [-0.4, -0.2) is 21.4 Å². The second-order valence-electron chi connectivity index (χ2n) is 5.99. The summed E-state index contributed by atoms with van der Waals surface area (Å²) in [6.45, 7) is 1.36. The van der Waals surface area contributed by atoms with Gasteiger partial charge in [0, 0.05) is 18.3 Å². The lowest BCUT2D eigenvalue weighted by Crippen LogP contribution is -2.15. The molecule has 0 radical (unpaired) electrons. The molecule has 1 aliphatic rings. The number of hydrogen-bond donors (Lipinski definition) is 2. The van der Waals surface area contributed by atoms with E-state index in [0.29, 0.717) is 11.4 Å². The topological polar surface area (TPSA) is 84.5 Å². The van der Waals surface area contributed by atoms with E-state index in [1.54, 1.807) is 12.1 Å². The fraction of sp³-hybridized carbons (Fsp3) is 0.278. The largest absolute Gasteiger partial charge is 0.495 e. The monoisotopic (exact) mass is 360 g/mol. The number of carbonyl (C=O) groups excluding carboxylic acids is 1. The van der Waals surface area contributed by atoms with Crippen molar-refractivity contribution in [3.63, 3.8) is 0 Å². The summed E-state index contributed by atoms with van der Waals surface area (Å²) in [7, 11) is -2.45. The molecule has 0 saturated heterocycles. The van der Waals surface area contributed by atoms with Gasteiger partial charge in [-0.3, -0.25) is 9.52 Å². The average Bonchev–Trinajstić information content (AvgIpc) is 3.01. The second-order valence-corrected chi connectivity index (χ2v) is 7.64. The maximum Gasteiger partial charge on any atom is 0.265 e. The maximum absolute atomic E-state index is 12.8. The normalized spacial score (nSPS) is 13.2. The van der Waals surface area contributed by atoms with Crippen molar-refractivity contribution in [3.05, 3.63) is 47.5 Å². The van der Waals surface area contributed by atoms with Crippen LogP contribution in [0.1, 0.15) is 24.5 Å². The molecular weight excluding hydrogens is 340 g/mol. The Bertz CT molecular complexity index is 923. The SMILES string of the molecule is COc1ccc(NC(C)=O)cc1S(=O)(=O)Nc1ccc2c(c1)CCC2. The van der Waals surface area contributed by atoms with Gasteiger partial charge in [-0.05, 0) is 60.7 Å². The summed E-state index contributed by atoms with van der Waals surface area (Å²) in [5.74, 6) is -0.0668. The van der Waals surface area contributed by atoms with Crippen molar-refractivity contribution in [2.24, 2.45) is 0 Å². The summed E-state index contributed by atoms with van der Waals surface area (Å²) in [6.07, 6.45) is 3.10. The first-order valence-corrected chi connectivity index (χ1v) is 9.47. The highest BCUT2D eigenvalue weighted by atomic mass is 32.2. The Morgan fingerprint density at radius 1 is 1.04 bits per heavy atom. The zero-order chi connectivity index (χ0) is 18.0. The third-order valence-electron chi connectivity index (χ3n) is 4.12. The number of sulfonamides is 1. The highest BCUT2D eigenvalue weighted by Crippen LogP contribution is 2.30. The van der Waals surface area contributed by atoms with E-state index in [2.05, 4.69) is 10.0 Å². The molecular formula is C18H20N2O4S. The Hall–Kier alpha value is -2.54. The van der Waals surface area contributed by atoms with Gasteiger partial charge in [0.05, 0.1) is 7.11 Å². The highest BCUT2D eigenvalue weighted by molar-refractivity contribution is 7.92. The number of nitrogens with one attached hydrogen (secondary N) is 2. The second kappa shape index (κ2) is 6.76. The predicted octanol–water partition coefficient (Wildman–Crippen LogP) is 2.94. The highest BCUT2D eigenvalue weighted by Gasteiger charge is 2.21. The van der Waals surface area contributed by atoms with Gasteiger partial charge in [-0.15, -0.1) is 0 Å². The van der Waals surface area contributed by atoms with Crippen LogP contribution >= 0.6 is 0 Å². The molecule has 132 valence electrons. The van der Waals surface area contributed by atoms with Crippen molar-refractivity contribution in [1.82, 2.24) is 0 Å². The molecule has 6 nitrogen and oxygen atoms in total. The zero-order valence-corrected chi connectivity index (χ0v) is 14.9. The predicted molar refractivity (Wildman–Crippen MR) is 96.6 cm³/mol. The molecule has 0 fully saturated rings. The number of carbonyl (C=O) groups is 1. The molecule has 2 aromatic carbocycles. The van der Waals surface area contributed by atoms with E-state index in [9.17, 15) is 13.2 Å². The lowest BCUT2D eigenvalue weighted by molar-refractivity contribution is -0.114. The number of rotatable bonds is 5. The van der Waals surface area contributed by atoms with Crippen LogP contribution in [0.3, 0.4) is 0 Å². The van der Waals surface area contributed by atoms with Crippen molar-refractivity contribution >= 4 is 27.3 Å². The lowest BCUT2D eigenvalue weighted by Gasteiger charge is -2.14. The summed E-state index contributed by atoms with van der Waals surface area (Å²) in [4.78, 5) is 11.2. The van der Waals surface area contributed by atoms with Crippen molar-refractivity contribution in [2.45, 2.75) is 31.1 Å². The fourth-order valence-corrected chi connectivity index (χ4v) is 4.26. The Kier molecular flexibility index (Phi) is 4.67. The minimum atomic E-state index is -3.86. The summed E-state index contributed by atoms with van der Waals surface area (Å²) in [5.41, 5.74) is 3.36. The summed E-state index contributed by atoms with van der Waals surface area (Å²) < 4.78 is 33.4. The van der Waals surface area contributed by atoms with E-state index >= 15 is 0 Å². The molecule has 2 aromatic rings. The molecule has 7 heteroatoms. The number of fused-ring (bicyclic) bond motifs is 1. The molecule has 1 amide bonds. The van der Waals surface area contributed by atoms with Gasteiger partial charge in [-0.2, -0.15) is 0 Å². The van der Waals surface area contributed by atoms with Crippen molar-refractivity contribution in [3.8, 4) is 5.75 Å². The van der Waals surface area contributed by atoms with Gasteiger partial charge in [-0.1, -0.05) is 6.07 Å². The van der Waals surface area contributed by atoms with Crippen LogP contribution in [0.5, 0.6) is 5.75 Å². The first-order valence-electron chi connectivity index (χ1n) is 7.99. The summed E-state index contributed by atoms with van der Waals surface area (Å²) in [5, 5.41) is 2.58. The minimum Gasteiger partial charge on any atom is -0.495 e. The number of aryl methyl sites for hydroxylation is 2. The molecule has 0 saturated carbocycles. The quantitative estimate of drug-likeness (QED) is 0.859. The average molecular weight is 360 g/mol. The number of amides is 1. The molecule has 1 aliphatic carbocycles. The lowest BCUT2D eigenvalue weighted by atomic mass is 10.1. The van der Waals surface area contributed by atoms with E-state index in [1.165, 1.54) is 37.3 Å². The molecule has 0 spiro atoms. The van der Waals surface area contributed by atoms with E-state index < -0.39 is 10.0 Å². The summed E-state index contributed by atoms with van der Waals surface area (Å²) in [6, 6.07) is 10.1. The Labute approximate surface area is 147 Å². The first kappa shape index (κ1) is 17.3. The molecule has 0 atom stereocenters. The standard InChI is InChI=1S/C18H20N2O4S/c1-12(21)19-15-8-9-17(24-2)18(11-15)25(22,23)20-16-7-6-13-4-3-5-14(13)10-16/h6-11,20H,3-5H2,1-2H3,(H,19,21). The van der Waals surface area contributed by atoms with Gasteiger partial charge < -0.3 is 10.1 Å². The smallest absolute Gasteiger partial charge is 0.265 e. The Morgan fingerprint density at radius 2 is 1.76 bits per heavy atom. The fourth-order valence-electron chi connectivity index (χ4n) is 3.01. The number of anilines is 2. The Morgan fingerprint density at radius 3 is 2.48 bits per heavy atom. The molecule has 0 aromatic heterocycles. The molecule has 0 bridgehead atoms. The van der Waals surface area contributed by atoms with Crippen LogP contribution in [-0.2, 0) is 27.7 Å². The van der Waals surface area contributed by atoms with Crippen molar-refractivity contribution < 1.29 is 17.9 Å². The number of hydrogen-bond acceptors (Lipinski definition) is 4. The maximum atomic E-state index is 12.8. The van der Waals surface area contributed by atoms with E-state index in [4.69, 9.17) is 4.74 Å². The molecule has 0 aliphatic heterocycles. The molecule has 0 unspecified atom stereocenters. The van der Waals surface area contributed by atoms with Gasteiger partial charge in [0.2, 0.25) is 5.91 Å². The van der Waals surface area contributed by atoms with Crippen LogP contribution < -0.4 is 14.8 Å². The zero-order valence-electron chi connectivity index (χ0n) is 14.1. The van der Waals surface area contributed by atoms with Crippen molar-refractivity contribution in [2.75, 3.05) is 17.1 Å². The first-order chi connectivity index (χ1) is 11.9. The summed E-state index contributed by atoms with van der Waals surface area (Å²) >= 11 is 0. The van der Waals surface area contributed by atoms with Gasteiger partial charge in [0.15, 0.2) is 0 Å². The van der Waals surface area contributed by atoms with Crippen molar-refractivity contribution in [1.29, 1.82) is 0 Å². The van der Waals surface area contributed by atoms with E-state index in [1.807, 2.05) is 12.1 Å². The molecule has 2 N–H and O–H groups in total. The third-order valence-corrected chi connectivity index (χ3v) is 5.53. The molecule has 0 heterocycles. The van der Waals surface area contributed by atoms with Gasteiger partial charge in [-0.25, -0.2) is 8.42 Å². The van der Waals surface area contributed by atoms with Crippen LogP contribution in [0.25, 0.3) is 0 Å². The van der Waals surface area contributed by atoms with Gasteiger partial charge >= 0.3 is 0 Å². The van der Waals surface area contributed by atoms with Crippen LogP contribution in [0.4, 0.5) is 11.4 Å². The molecule has 25 heavy (non-hydrogen) atoms. The van der Waals surface area contributed by atoms with Crippen LogP contribution in [0.2, 0.25) is 0 Å².